The number of halogens is 2. The molecule has 5 rings (SSSR count). The van der Waals surface area contributed by atoms with E-state index in [9.17, 15) is 11.0 Å². The number of fused-ring (bicyclic) bond motifs is 1. The normalized spacial score (nSPS) is 17.8. The van der Waals surface area contributed by atoms with E-state index in [1.165, 1.54) is 18.3 Å². The van der Waals surface area contributed by atoms with E-state index in [1.54, 1.807) is 18.2 Å². The Morgan fingerprint density at radius 2 is 2.03 bits per heavy atom. The van der Waals surface area contributed by atoms with Gasteiger partial charge in [0.2, 0.25) is 0 Å². The van der Waals surface area contributed by atoms with Gasteiger partial charge in [-0.3, -0.25) is 9.99 Å². The van der Waals surface area contributed by atoms with Crippen LogP contribution in [0.3, 0.4) is 0 Å². The third-order valence-electron chi connectivity index (χ3n) is 5.74. The first-order valence-corrected chi connectivity index (χ1v) is 11.8. The van der Waals surface area contributed by atoms with Gasteiger partial charge in [-0.05, 0) is 63.4 Å². The molecule has 1 unspecified atom stereocenters. The molecule has 0 radical (unpaired) electrons. The van der Waals surface area contributed by atoms with E-state index in [4.69, 9.17) is 11.6 Å². The van der Waals surface area contributed by atoms with E-state index < -0.39 is 6.02 Å². The minimum Gasteiger partial charge on any atom is -0.379 e. The molecule has 2 aromatic carbocycles. The van der Waals surface area contributed by atoms with Crippen molar-refractivity contribution in [2.24, 2.45) is 0 Å². The number of hydrogen-bond donors (Lipinski definition) is 4. The fraction of sp³-hybridized carbons (Fsp3) is 0.308. The van der Waals surface area contributed by atoms with Crippen molar-refractivity contribution in [1.82, 2.24) is 21.0 Å². The van der Waals surface area contributed by atoms with Gasteiger partial charge in [-0.25, -0.2) is 4.39 Å². The van der Waals surface area contributed by atoms with Crippen LogP contribution in [0.4, 0.5) is 15.8 Å². The molecular weight excluding hydrogens is 465 g/mol. The van der Waals surface area contributed by atoms with E-state index in [-0.39, 0.29) is 11.4 Å². The van der Waals surface area contributed by atoms with Gasteiger partial charge in [0.05, 0.1) is 34.9 Å². The first kappa shape index (κ1) is 22.0. The van der Waals surface area contributed by atoms with Crippen LogP contribution >= 0.6 is 11.6 Å². The van der Waals surface area contributed by atoms with Crippen molar-refractivity contribution in [3.05, 3.63) is 76.5 Å². The van der Waals surface area contributed by atoms with Gasteiger partial charge in [0, 0.05) is 35.1 Å². The number of nitriles is 1. The second-order valence-corrected chi connectivity index (χ2v) is 10.2. The van der Waals surface area contributed by atoms with Crippen LogP contribution in [0.25, 0.3) is 10.9 Å². The van der Waals surface area contributed by atoms with Crippen molar-refractivity contribution < 1.29 is 5.76 Å². The largest absolute Gasteiger partial charge is 0.379 e. The van der Waals surface area contributed by atoms with Crippen LogP contribution in [0.5, 0.6) is 0 Å². The minimum atomic E-state index is -1.50. The third kappa shape index (κ3) is 4.97. The number of nitrogens with one attached hydrogen (secondary N) is 4. The maximum atomic E-state index is 13.7. The van der Waals surface area contributed by atoms with Gasteiger partial charge in [0.15, 0.2) is 0 Å². The Hall–Kier alpha value is -3.54. The number of benzene rings is 2. The lowest BCUT2D eigenvalue weighted by Gasteiger charge is -2.25. The molecule has 2 aliphatic rings. The molecule has 7 nitrogen and oxygen atoms in total. The Morgan fingerprint density at radius 1 is 1.29 bits per heavy atom. The summed E-state index contributed by atoms with van der Waals surface area (Å²) in [6.45, 7) is 6.01. The zero-order valence-electron chi connectivity index (χ0n) is 20.7. The summed E-state index contributed by atoms with van der Waals surface area (Å²) in [7, 11) is 0. The first-order valence-electron chi connectivity index (χ1n) is 11.9. The van der Waals surface area contributed by atoms with Gasteiger partial charge in [0.25, 0.3) is 0 Å². The molecule has 9 heteroatoms. The second kappa shape index (κ2) is 8.91. The molecule has 0 saturated heterocycles. The van der Waals surface area contributed by atoms with Crippen LogP contribution in [0, 0.1) is 17.1 Å². The highest BCUT2D eigenvalue weighted by atomic mass is 35.5. The highest BCUT2D eigenvalue weighted by molar-refractivity contribution is 6.35. The smallest absolute Gasteiger partial charge is 0.123 e. The summed E-state index contributed by atoms with van der Waals surface area (Å²) >= 11 is 6.65. The van der Waals surface area contributed by atoms with Gasteiger partial charge in [-0.15, -0.1) is 5.53 Å². The highest BCUT2D eigenvalue weighted by Gasteiger charge is 2.32. The molecule has 1 fully saturated rings. The van der Waals surface area contributed by atoms with Crippen molar-refractivity contribution in [2.45, 2.75) is 51.2 Å². The fourth-order valence-electron chi connectivity index (χ4n) is 3.99. The number of rotatable bonds is 6. The van der Waals surface area contributed by atoms with Crippen molar-refractivity contribution in [1.29, 1.82) is 5.26 Å². The zero-order chi connectivity index (χ0) is 25.7. The van der Waals surface area contributed by atoms with E-state index in [0.29, 0.717) is 50.2 Å². The molecule has 1 aliphatic heterocycles. The lowest BCUT2D eigenvalue weighted by atomic mass is 10.0. The van der Waals surface area contributed by atoms with Gasteiger partial charge < -0.3 is 16.1 Å². The summed E-state index contributed by atoms with van der Waals surface area (Å²) in [6, 6.07) is 10.5. The van der Waals surface area contributed by atoms with Crippen molar-refractivity contribution >= 4 is 33.9 Å². The average molecular weight is 493 g/mol. The number of aromatic nitrogens is 1. The molecule has 1 atom stereocenters. The minimum absolute atomic E-state index is 0.320. The Morgan fingerprint density at radius 3 is 2.69 bits per heavy atom. The summed E-state index contributed by atoms with van der Waals surface area (Å²) in [5, 5.41) is 19.4. The van der Waals surface area contributed by atoms with Crippen molar-refractivity contribution in [2.75, 3.05) is 10.6 Å². The average Bonchev–Trinajstić information content (AvgIpc) is 3.55. The summed E-state index contributed by atoms with van der Waals surface area (Å²) < 4.78 is 23.3. The number of pyridine rings is 1. The van der Waals surface area contributed by atoms with E-state index in [0.717, 1.165) is 12.8 Å². The molecule has 1 saturated carbocycles. The molecule has 0 bridgehead atoms. The summed E-state index contributed by atoms with van der Waals surface area (Å²) in [6.07, 6.45) is 5.52. The van der Waals surface area contributed by atoms with Crippen molar-refractivity contribution in [3.63, 3.8) is 0 Å². The monoisotopic (exact) mass is 492 g/mol. The Bertz CT molecular complexity index is 1390. The molecule has 35 heavy (non-hydrogen) atoms. The Balaban J connectivity index is 1.62. The molecule has 1 aromatic heterocycles. The molecular formula is C26H27ClFN7. The van der Waals surface area contributed by atoms with Crippen LogP contribution < -0.4 is 21.6 Å². The van der Waals surface area contributed by atoms with Crippen LogP contribution in [-0.4, -0.2) is 21.6 Å². The van der Waals surface area contributed by atoms with Crippen LogP contribution in [0.1, 0.15) is 52.1 Å². The SMILES string of the molecule is [2H]C(Nc1cc(Cl)c2ncc(C#N)c(NC(C)(C)C)c2c1)(C1=CN(C2CC2)NN1)c1ccc(F)cc1. The van der Waals surface area contributed by atoms with Crippen molar-refractivity contribution in [3.8, 4) is 6.07 Å². The predicted octanol–water partition coefficient (Wildman–Crippen LogP) is 5.59. The standard InChI is InChI=1S/C26H27ClFN7/c1-26(2,3)32-23-16(12-29)13-30-25-20(23)10-18(11-21(25)27)31-24(15-4-6-17(28)7-5-15)22-14-35(34-33-22)19-8-9-19/h4-7,10-11,13-14,19,24,31,33-34H,8-9H2,1-3H3,(H,30,32)/i24D. The summed E-state index contributed by atoms with van der Waals surface area (Å²) in [5.74, 6) is -0.381. The molecule has 180 valence electrons. The quantitative estimate of drug-likeness (QED) is 0.356. The topological polar surface area (TPSA) is 88.0 Å². The molecule has 3 aromatic rings. The number of hydrazine groups is 2. The maximum absolute atomic E-state index is 13.7. The van der Waals surface area contributed by atoms with E-state index in [2.05, 4.69) is 32.6 Å². The molecule has 0 amide bonds. The molecule has 0 spiro atoms. The van der Waals surface area contributed by atoms with Gasteiger partial charge in [0.1, 0.15) is 11.9 Å². The lowest BCUT2D eigenvalue weighted by molar-refractivity contribution is 0.260. The highest BCUT2D eigenvalue weighted by Crippen LogP contribution is 2.37. The van der Waals surface area contributed by atoms with Gasteiger partial charge >= 0.3 is 0 Å². The molecule has 4 N–H and O–H groups in total. The number of hydrogen-bond acceptors (Lipinski definition) is 7. The van der Waals surface area contributed by atoms with E-state index >= 15 is 0 Å². The Kier molecular flexibility index (Phi) is 5.59. The predicted molar refractivity (Wildman–Crippen MR) is 137 cm³/mol. The zero-order valence-corrected chi connectivity index (χ0v) is 20.5. The van der Waals surface area contributed by atoms with E-state index in [1.807, 2.05) is 38.0 Å². The second-order valence-electron chi connectivity index (χ2n) is 9.81. The number of anilines is 2. The Labute approximate surface area is 210 Å². The summed E-state index contributed by atoms with van der Waals surface area (Å²) in [5.41, 5.74) is 9.09. The van der Waals surface area contributed by atoms with Gasteiger partial charge in [-0.2, -0.15) is 5.26 Å². The summed E-state index contributed by atoms with van der Waals surface area (Å²) in [4.78, 5) is 4.41. The van der Waals surface area contributed by atoms with Gasteiger partial charge in [-0.1, -0.05) is 23.7 Å². The van der Waals surface area contributed by atoms with Crippen LogP contribution in [0.15, 0.2) is 54.5 Å². The fourth-order valence-corrected chi connectivity index (χ4v) is 4.26. The maximum Gasteiger partial charge on any atom is 0.123 e. The number of nitrogens with zero attached hydrogens (tertiary/aromatic N) is 3. The first-order chi connectivity index (χ1) is 17.1. The van der Waals surface area contributed by atoms with Crippen LogP contribution in [0.2, 0.25) is 5.02 Å². The molecule has 1 aliphatic carbocycles. The molecule has 2 heterocycles. The third-order valence-corrected chi connectivity index (χ3v) is 6.03. The lowest BCUT2D eigenvalue weighted by Crippen LogP contribution is -2.38. The van der Waals surface area contributed by atoms with Crippen LogP contribution in [-0.2, 0) is 0 Å².